The molecular weight excluding hydrogens is 605 g/mol. The minimum Gasteiger partial charge on any atom is -0.354 e. The molecule has 4 rings (SSSR count). The van der Waals surface area contributed by atoms with Crippen molar-refractivity contribution in [2.24, 2.45) is 0 Å². The number of hydrogen-bond acceptors (Lipinski definition) is 4. The summed E-state index contributed by atoms with van der Waals surface area (Å²) in [4.78, 5) is 29.2. The number of hydrogen-bond donors (Lipinski definition) is 1. The first kappa shape index (κ1) is 32.5. The van der Waals surface area contributed by atoms with E-state index in [2.05, 4.69) is 5.32 Å². The van der Waals surface area contributed by atoms with Gasteiger partial charge in [-0.25, -0.2) is 8.42 Å². The summed E-state index contributed by atoms with van der Waals surface area (Å²) in [7, 11) is -2.66. The molecule has 4 aromatic carbocycles. The molecule has 0 aliphatic carbocycles. The lowest BCUT2D eigenvalue weighted by molar-refractivity contribution is -0.141. The summed E-state index contributed by atoms with van der Waals surface area (Å²) >= 11 is 12.6. The van der Waals surface area contributed by atoms with E-state index in [0.29, 0.717) is 22.2 Å². The van der Waals surface area contributed by atoms with Crippen molar-refractivity contribution in [1.82, 2.24) is 14.5 Å². The average molecular weight is 641 g/mol. The normalized spacial score (nSPS) is 12.3. The van der Waals surface area contributed by atoms with Crippen LogP contribution < -0.4 is 5.32 Å². The number of fused-ring (bicyclic) bond motifs is 1. The van der Waals surface area contributed by atoms with Crippen LogP contribution in [0.4, 0.5) is 0 Å². The summed E-state index contributed by atoms with van der Waals surface area (Å²) < 4.78 is 28.2. The molecule has 0 aliphatic heterocycles. The first-order valence-electron chi connectivity index (χ1n) is 14.1. The average Bonchev–Trinajstić information content (AvgIpc) is 3.00. The first-order valence-corrected chi connectivity index (χ1v) is 16.3. The number of unbranched alkanes of at least 4 members (excludes halogenated alkanes) is 1. The number of carbonyl (C=O) groups is 2. The van der Waals surface area contributed by atoms with Crippen LogP contribution in [0.1, 0.15) is 30.9 Å². The Hall–Kier alpha value is -3.43. The Morgan fingerprint density at radius 2 is 1.58 bits per heavy atom. The summed E-state index contributed by atoms with van der Waals surface area (Å²) in [6.07, 6.45) is 1.91. The van der Waals surface area contributed by atoms with Crippen molar-refractivity contribution in [1.29, 1.82) is 0 Å². The van der Waals surface area contributed by atoms with E-state index in [1.807, 2.05) is 61.5 Å². The third kappa shape index (κ3) is 8.36. The minimum absolute atomic E-state index is 0.0165. The monoisotopic (exact) mass is 639 g/mol. The topological polar surface area (TPSA) is 86.8 Å². The quantitative estimate of drug-likeness (QED) is 0.173. The van der Waals surface area contributed by atoms with Crippen LogP contribution >= 0.6 is 23.2 Å². The van der Waals surface area contributed by atoms with Gasteiger partial charge in [-0.2, -0.15) is 4.31 Å². The highest BCUT2D eigenvalue weighted by Gasteiger charge is 2.33. The van der Waals surface area contributed by atoms with E-state index >= 15 is 0 Å². The van der Waals surface area contributed by atoms with Crippen LogP contribution in [0.3, 0.4) is 0 Å². The summed E-state index contributed by atoms with van der Waals surface area (Å²) in [5, 5.41) is 5.41. The second kappa shape index (κ2) is 14.8. The number of rotatable bonds is 13. The molecule has 43 heavy (non-hydrogen) atoms. The number of nitrogens with zero attached hydrogens (tertiary/aromatic N) is 2. The van der Waals surface area contributed by atoms with E-state index in [-0.39, 0.29) is 23.8 Å². The summed E-state index contributed by atoms with van der Waals surface area (Å²) in [5.74, 6) is -0.861. The van der Waals surface area contributed by atoms with Gasteiger partial charge in [0, 0.05) is 36.6 Å². The fraction of sp³-hybridized carbons (Fsp3) is 0.273. The Kier molecular flexibility index (Phi) is 11.2. The van der Waals surface area contributed by atoms with Gasteiger partial charge in [-0.05, 0) is 52.6 Å². The standard InChI is InChI=1S/C33H35Cl2N3O4S/c1-3-4-18-36-33(40)31(19-24-10-6-5-7-11-24)38(22-27-14-16-28(34)21-30(27)35)32(39)23-37(2)43(41,42)29-17-15-25-12-8-9-13-26(25)20-29/h5-17,20-21,31H,3-4,18-19,22-23H2,1-2H3,(H,36,40)/t31-/m1/s1. The summed E-state index contributed by atoms with van der Waals surface area (Å²) in [6, 6.07) is 25.7. The number of likely N-dealkylation sites (N-methyl/N-ethyl adjacent to an activating group) is 1. The second-order valence-electron chi connectivity index (χ2n) is 10.4. The van der Waals surface area contributed by atoms with Crippen LogP contribution in [0.25, 0.3) is 10.8 Å². The molecule has 0 saturated carbocycles. The van der Waals surface area contributed by atoms with Crippen molar-refractivity contribution >= 4 is 55.8 Å². The van der Waals surface area contributed by atoms with Crippen molar-refractivity contribution < 1.29 is 18.0 Å². The van der Waals surface area contributed by atoms with Gasteiger partial charge < -0.3 is 10.2 Å². The van der Waals surface area contributed by atoms with E-state index < -0.39 is 28.5 Å². The molecule has 0 spiro atoms. The van der Waals surface area contributed by atoms with E-state index in [1.165, 1.54) is 18.0 Å². The van der Waals surface area contributed by atoms with Crippen molar-refractivity contribution in [3.63, 3.8) is 0 Å². The lowest BCUT2D eigenvalue weighted by Crippen LogP contribution is -2.53. The molecule has 0 radical (unpaired) electrons. The van der Waals surface area contributed by atoms with Crippen LogP contribution in [0.2, 0.25) is 10.0 Å². The zero-order chi connectivity index (χ0) is 31.0. The molecule has 2 amide bonds. The van der Waals surface area contributed by atoms with Crippen LogP contribution in [-0.2, 0) is 32.6 Å². The highest BCUT2D eigenvalue weighted by atomic mass is 35.5. The zero-order valence-electron chi connectivity index (χ0n) is 24.2. The van der Waals surface area contributed by atoms with Crippen molar-refractivity contribution in [2.75, 3.05) is 20.1 Å². The largest absolute Gasteiger partial charge is 0.354 e. The molecule has 0 aromatic heterocycles. The fourth-order valence-corrected chi connectivity index (χ4v) is 6.39. The third-order valence-electron chi connectivity index (χ3n) is 7.24. The van der Waals surface area contributed by atoms with Gasteiger partial charge in [-0.3, -0.25) is 9.59 Å². The Labute approximate surface area is 263 Å². The van der Waals surface area contributed by atoms with Gasteiger partial charge in [-0.15, -0.1) is 0 Å². The number of nitrogens with one attached hydrogen (secondary N) is 1. The molecule has 226 valence electrons. The first-order chi connectivity index (χ1) is 20.6. The summed E-state index contributed by atoms with van der Waals surface area (Å²) in [5.41, 5.74) is 1.44. The lowest BCUT2D eigenvalue weighted by Gasteiger charge is -2.33. The van der Waals surface area contributed by atoms with Crippen molar-refractivity contribution in [3.8, 4) is 0 Å². The number of sulfonamides is 1. The second-order valence-corrected chi connectivity index (χ2v) is 13.3. The smallest absolute Gasteiger partial charge is 0.243 e. The number of amides is 2. The number of benzene rings is 4. The van der Waals surface area contributed by atoms with Crippen molar-refractivity contribution in [3.05, 3.63) is 112 Å². The molecule has 0 aliphatic rings. The van der Waals surface area contributed by atoms with Gasteiger partial charge in [0.25, 0.3) is 0 Å². The van der Waals surface area contributed by atoms with E-state index in [1.54, 1.807) is 30.3 Å². The Bertz CT molecular complexity index is 1680. The van der Waals surface area contributed by atoms with Crippen LogP contribution in [0.15, 0.2) is 95.9 Å². The Morgan fingerprint density at radius 1 is 0.884 bits per heavy atom. The molecule has 0 saturated heterocycles. The van der Waals surface area contributed by atoms with Gasteiger partial charge in [0.15, 0.2) is 0 Å². The molecule has 1 atom stereocenters. The summed E-state index contributed by atoms with van der Waals surface area (Å²) in [6.45, 7) is 1.99. The van der Waals surface area contributed by atoms with E-state index in [0.717, 1.165) is 33.5 Å². The molecule has 0 fully saturated rings. The minimum atomic E-state index is -4.03. The maximum absolute atomic E-state index is 14.1. The molecule has 7 nitrogen and oxygen atoms in total. The predicted molar refractivity (Wildman–Crippen MR) is 173 cm³/mol. The van der Waals surface area contributed by atoms with Gasteiger partial charge in [0.2, 0.25) is 21.8 Å². The molecule has 10 heteroatoms. The molecule has 0 heterocycles. The molecule has 0 bridgehead atoms. The fourth-order valence-electron chi connectivity index (χ4n) is 4.77. The SMILES string of the molecule is CCCCNC(=O)[C@@H](Cc1ccccc1)N(Cc1ccc(Cl)cc1Cl)C(=O)CN(C)S(=O)(=O)c1ccc2ccccc2c1. The molecule has 4 aromatic rings. The van der Waals surface area contributed by atoms with Gasteiger partial charge in [-0.1, -0.05) is 103 Å². The van der Waals surface area contributed by atoms with Gasteiger partial charge in [0.05, 0.1) is 11.4 Å². The highest BCUT2D eigenvalue weighted by Crippen LogP contribution is 2.25. The van der Waals surface area contributed by atoms with Gasteiger partial charge >= 0.3 is 0 Å². The Balaban J connectivity index is 1.68. The van der Waals surface area contributed by atoms with Crippen LogP contribution in [0, 0.1) is 0 Å². The predicted octanol–water partition coefficient (Wildman–Crippen LogP) is 6.32. The molecular formula is C33H35Cl2N3O4S. The van der Waals surface area contributed by atoms with E-state index in [4.69, 9.17) is 23.2 Å². The maximum atomic E-state index is 14.1. The van der Waals surface area contributed by atoms with Crippen LogP contribution in [0.5, 0.6) is 0 Å². The van der Waals surface area contributed by atoms with E-state index in [9.17, 15) is 18.0 Å². The number of carbonyl (C=O) groups excluding carboxylic acids is 2. The molecule has 1 N–H and O–H groups in total. The lowest BCUT2D eigenvalue weighted by atomic mass is 10.0. The maximum Gasteiger partial charge on any atom is 0.243 e. The van der Waals surface area contributed by atoms with Gasteiger partial charge in [0.1, 0.15) is 6.04 Å². The zero-order valence-corrected chi connectivity index (χ0v) is 26.5. The van der Waals surface area contributed by atoms with Crippen LogP contribution in [-0.4, -0.2) is 55.6 Å². The van der Waals surface area contributed by atoms with Crippen molar-refractivity contribution in [2.45, 2.75) is 43.7 Å². The Morgan fingerprint density at radius 3 is 2.28 bits per heavy atom. The molecule has 0 unspecified atom stereocenters. The number of halogens is 2. The third-order valence-corrected chi connectivity index (χ3v) is 9.63. The highest BCUT2D eigenvalue weighted by molar-refractivity contribution is 7.89.